The highest BCUT2D eigenvalue weighted by atomic mass is 16.1. The molecule has 25 heavy (non-hydrogen) atoms. The molecule has 4 heteroatoms. The Hall–Kier alpha value is -2.46. The lowest BCUT2D eigenvalue weighted by Crippen LogP contribution is -2.34. The maximum Gasteiger partial charge on any atom is 0.275 e. The topological polar surface area (TPSA) is 38.1 Å². The van der Waals surface area contributed by atoms with Crippen molar-refractivity contribution in [2.24, 2.45) is 0 Å². The number of rotatable bonds is 3. The van der Waals surface area contributed by atoms with E-state index in [4.69, 9.17) is 0 Å². The van der Waals surface area contributed by atoms with Crippen LogP contribution in [0.3, 0.4) is 0 Å². The van der Waals surface area contributed by atoms with Crippen molar-refractivity contribution < 1.29 is 0 Å². The Morgan fingerprint density at radius 3 is 2.64 bits per heavy atom. The lowest BCUT2D eigenvalue weighted by Gasteiger charge is -2.20. The van der Waals surface area contributed by atoms with Crippen molar-refractivity contribution in [2.45, 2.75) is 31.8 Å². The van der Waals surface area contributed by atoms with E-state index in [0.29, 0.717) is 12.6 Å². The van der Waals surface area contributed by atoms with Gasteiger partial charge in [-0.1, -0.05) is 48.5 Å². The van der Waals surface area contributed by atoms with Crippen LogP contribution in [0.4, 0.5) is 0 Å². The number of aromatic nitrogens is 2. The molecule has 0 spiro atoms. The van der Waals surface area contributed by atoms with Crippen LogP contribution in [0.25, 0.3) is 10.8 Å². The molecule has 0 unspecified atom stereocenters. The zero-order chi connectivity index (χ0) is 17.1. The van der Waals surface area contributed by atoms with Crippen molar-refractivity contribution in [1.82, 2.24) is 14.7 Å². The largest absolute Gasteiger partial charge is 0.284 e. The summed E-state index contributed by atoms with van der Waals surface area (Å²) in [6, 6.07) is 18.4. The smallest absolute Gasteiger partial charge is 0.275 e. The predicted molar refractivity (Wildman–Crippen MR) is 101 cm³/mol. The van der Waals surface area contributed by atoms with Gasteiger partial charge in [-0.2, -0.15) is 5.10 Å². The second kappa shape index (κ2) is 7.19. The van der Waals surface area contributed by atoms with Crippen LogP contribution in [-0.2, 0) is 6.67 Å². The highest BCUT2D eigenvalue weighted by Crippen LogP contribution is 2.27. The summed E-state index contributed by atoms with van der Waals surface area (Å²) in [5.74, 6) is 0.618. The first-order valence-electron chi connectivity index (χ1n) is 9.03. The zero-order valence-corrected chi connectivity index (χ0v) is 14.3. The number of hydrogen-bond acceptors (Lipinski definition) is 3. The standard InChI is InChI=1S/C21H23N3O/c25-21-20-11-5-4-9-19(20)15-22-24(21)16-23-13-6-10-18(12-14-23)17-7-2-1-3-8-17/h1-5,7-9,11,15,18H,6,10,12-14,16H2/t18-/m0/s1. The van der Waals surface area contributed by atoms with E-state index in [9.17, 15) is 4.79 Å². The molecule has 2 heterocycles. The number of hydrogen-bond donors (Lipinski definition) is 0. The minimum absolute atomic E-state index is 0.00181. The summed E-state index contributed by atoms with van der Waals surface area (Å²) in [6.07, 6.45) is 5.29. The molecule has 4 rings (SSSR count). The monoisotopic (exact) mass is 333 g/mol. The first kappa shape index (κ1) is 16.0. The molecule has 0 saturated carbocycles. The van der Waals surface area contributed by atoms with E-state index in [1.54, 1.807) is 10.9 Å². The Morgan fingerprint density at radius 2 is 1.76 bits per heavy atom. The van der Waals surface area contributed by atoms with Gasteiger partial charge in [0.25, 0.3) is 5.56 Å². The third-order valence-electron chi connectivity index (χ3n) is 5.19. The molecule has 0 aliphatic carbocycles. The van der Waals surface area contributed by atoms with Gasteiger partial charge in [-0.15, -0.1) is 0 Å². The lowest BCUT2D eigenvalue weighted by molar-refractivity contribution is 0.210. The van der Waals surface area contributed by atoms with Gasteiger partial charge in [-0.05, 0) is 43.4 Å². The van der Waals surface area contributed by atoms with E-state index in [1.807, 2.05) is 24.3 Å². The fraction of sp³-hybridized carbons (Fsp3) is 0.333. The first-order valence-corrected chi connectivity index (χ1v) is 9.03. The Kier molecular flexibility index (Phi) is 4.61. The second-order valence-corrected chi connectivity index (χ2v) is 6.83. The molecule has 1 aliphatic rings. The van der Waals surface area contributed by atoms with Gasteiger partial charge in [0, 0.05) is 11.9 Å². The Morgan fingerprint density at radius 1 is 0.960 bits per heavy atom. The van der Waals surface area contributed by atoms with Gasteiger partial charge in [-0.3, -0.25) is 9.69 Å². The fourth-order valence-electron chi connectivity index (χ4n) is 3.77. The van der Waals surface area contributed by atoms with Crippen molar-refractivity contribution in [3.8, 4) is 0 Å². The van der Waals surface area contributed by atoms with Gasteiger partial charge in [0.1, 0.15) is 0 Å². The highest BCUT2D eigenvalue weighted by Gasteiger charge is 2.19. The van der Waals surface area contributed by atoms with Crippen LogP contribution < -0.4 is 5.56 Å². The molecule has 0 N–H and O–H groups in total. The third-order valence-corrected chi connectivity index (χ3v) is 5.19. The van der Waals surface area contributed by atoms with E-state index in [0.717, 1.165) is 36.7 Å². The van der Waals surface area contributed by atoms with Crippen LogP contribution in [-0.4, -0.2) is 27.8 Å². The normalized spacial score (nSPS) is 19.0. The minimum atomic E-state index is 0.00181. The molecule has 1 aliphatic heterocycles. The average molecular weight is 333 g/mol. The summed E-state index contributed by atoms with van der Waals surface area (Å²) < 4.78 is 1.60. The third kappa shape index (κ3) is 3.49. The lowest BCUT2D eigenvalue weighted by atomic mass is 9.92. The molecule has 1 fully saturated rings. The summed E-state index contributed by atoms with van der Waals surface area (Å²) in [5, 5.41) is 6.02. The fourth-order valence-corrected chi connectivity index (χ4v) is 3.77. The van der Waals surface area contributed by atoms with E-state index in [1.165, 1.54) is 12.0 Å². The molecule has 0 radical (unpaired) electrons. The Balaban J connectivity index is 1.49. The van der Waals surface area contributed by atoms with Crippen molar-refractivity contribution in [3.63, 3.8) is 0 Å². The highest BCUT2D eigenvalue weighted by molar-refractivity contribution is 5.80. The van der Waals surface area contributed by atoms with Crippen molar-refractivity contribution in [1.29, 1.82) is 0 Å². The van der Waals surface area contributed by atoms with Crippen LogP contribution in [0.1, 0.15) is 30.7 Å². The predicted octanol–water partition coefficient (Wildman–Crippen LogP) is 3.62. The van der Waals surface area contributed by atoms with Gasteiger partial charge in [0.2, 0.25) is 0 Å². The molecule has 128 valence electrons. The molecule has 2 aromatic carbocycles. The maximum absolute atomic E-state index is 12.6. The summed E-state index contributed by atoms with van der Waals surface area (Å²) in [6.45, 7) is 2.59. The molecule has 1 aromatic heterocycles. The second-order valence-electron chi connectivity index (χ2n) is 6.83. The molecule has 3 aromatic rings. The van der Waals surface area contributed by atoms with Crippen molar-refractivity contribution >= 4 is 10.8 Å². The molecular formula is C21H23N3O. The molecule has 4 nitrogen and oxygen atoms in total. The van der Waals surface area contributed by atoms with Crippen LogP contribution in [0.5, 0.6) is 0 Å². The van der Waals surface area contributed by atoms with Crippen molar-refractivity contribution in [2.75, 3.05) is 13.1 Å². The first-order chi connectivity index (χ1) is 12.3. The number of likely N-dealkylation sites (tertiary alicyclic amines) is 1. The zero-order valence-electron chi connectivity index (χ0n) is 14.3. The van der Waals surface area contributed by atoms with E-state index < -0.39 is 0 Å². The number of fused-ring (bicyclic) bond motifs is 1. The van der Waals surface area contributed by atoms with Crippen LogP contribution in [0.2, 0.25) is 0 Å². The summed E-state index contributed by atoms with van der Waals surface area (Å²) in [4.78, 5) is 15.0. The summed E-state index contributed by atoms with van der Waals surface area (Å²) >= 11 is 0. The van der Waals surface area contributed by atoms with Gasteiger partial charge >= 0.3 is 0 Å². The molecular weight excluding hydrogens is 310 g/mol. The summed E-state index contributed by atoms with van der Waals surface area (Å²) in [5.41, 5.74) is 1.44. The van der Waals surface area contributed by atoms with Crippen LogP contribution in [0, 0.1) is 0 Å². The van der Waals surface area contributed by atoms with E-state index in [-0.39, 0.29) is 5.56 Å². The van der Waals surface area contributed by atoms with Crippen molar-refractivity contribution in [3.05, 3.63) is 76.7 Å². The quantitative estimate of drug-likeness (QED) is 0.735. The average Bonchev–Trinajstić information content (AvgIpc) is 2.91. The Labute approximate surface area is 147 Å². The summed E-state index contributed by atoms with van der Waals surface area (Å²) in [7, 11) is 0. The van der Waals surface area contributed by atoms with Crippen LogP contribution in [0.15, 0.2) is 65.6 Å². The minimum Gasteiger partial charge on any atom is -0.284 e. The van der Waals surface area contributed by atoms with Gasteiger partial charge in [0.05, 0.1) is 18.3 Å². The molecule has 1 atom stereocenters. The Bertz CT molecular complexity index is 904. The molecule has 0 bridgehead atoms. The van der Waals surface area contributed by atoms with Gasteiger partial charge in [0.15, 0.2) is 0 Å². The number of benzene rings is 2. The van der Waals surface area contributed by atoms with E-state index >= 15 is 0 Å². The van der Waals surface area contributed by atoms with Gasteiger partial charge in [-0.25, -0.2) is 4.68 Å². The maximum atomic E-state index is 12.6. The number of nitrogens with zero attached hydrogens (tertiary/aromatic N) is 3. The van der Waals surface area contributed by atoms with Crippen LogP contribution >= 0.6 is 0 Å². The van der Waals surface area contributed by atoms with E-state index in [2.05, 4.69) is 40.3 Å². The molecule has 0 amide bonds. The van der Waals surface area contributed by atoms with Gasteiger partial charge < -0.3 is 0 Å². The molecule has 1 saturated heterocycles. The SMILES string of the molecule is O=c1c2ccccc2cnn1CN1CCC[C@H](c2ccccc2)CC1.